The number of carboxylic acids is 1. The van der Waals surface area contributed by atoms with Gasteiger partial charge in [0.05, 0.1) is 11.4 Å². The molecule has 0 atom stereocenters. The Morgan fingerprint density at radius 3 is 2.62 bits per heavy atom. The number of aryl methyl sites for hydroxylation is 1. The molecule has 5 nitrogen and oxygen atoms in total. The molecule has 1 N–H and O–H groups in total. The molecule has 1 aromatic rings. The second kappa shape index (κ2) is 7.88. The van der Waals surface area contributed by atoms with Crippen LogP contribution in [0.5, 0.6) is 5.75 Å². The average Bonchev–Trinajstić information content (AvgIpc) is 2.39. The van der Waals surface area contributed by atoms with Gasteiger partial charge in [-0.05, 0) is 38.5 Å². The van der Waals surface area contributed by atoms with Gasteiger partial charge < -0.3 is 14.7 Å². The fourth-order valence-corrected chi connectivity index (χ4v) is 2.00. The van der Waals surface area contributed by atoms with Crippen LogP contribution in [0, 0.1) is 6.92 Å². The number of rotatable bonds is 7. The molecule has 1 aromatic carbocycles. The number of carbonyl (C=O) groups is 2. The van der Waals surface area contributed by atoms with Gasteiger partial charge in [-0.25, -0.2) is 0 Å². The molecule has 0 saturated heterocycles. The molecule has 0 heterocycles. The Morgan fingerprint density at radius 1 is 1.38 bits per heavy atom. The van der Waals surface area contributed by atoms with Crippen LogP contribution in [0.15, 0.2) is 18.2 Å². The molecular formula is C15H20ClNO4. The summed E-state index contributed by atoms with van der Waals surface area (Å²) in [7, 11) is 0. The van der Waals surface area contributed by atoms with E-state index in [-0.39, 0.29) is 31.5 Å². The predicted octanol–water partition coefficient (Wildman–Crippen LogP) is 2.74. The second-order valence-corrected chi connectivity index (χ2v) is 5.45. The minimum atomic E-state index is -0.934. The summed E-state index contributed by atoms with van der Waals surface area (Å²) < 4.78 is 5.45. The first kappa shape index (κ1) is 17.3. The number of carboxylic acid groups (broad SMARTS) is 1. The number of halogens is 1. The first-order valence-corrected chi connectivity index (χ1v) is 7.09. The number of hydrogen-bond donors (Lipinski definition) is 1. The maximum atomic E-state index is 12.1. The monoisotopic (exact) mass is 313 g/mol. The summed E-state index contributed by atoms with van der Waals surface area (Å²) in [5, 5.41) is 9.15. The maximum absolute atomic E-state index is 12.1. The van der Waals surface area contributed by atoms with Crippen LogP contribution in [0.1, 0.15) is 25.8 Å². The van der Waals surface area contributed by atoms with Crippen LogP contribution in [-0.2, 0) is 9.59 Å². The number of carbonyl (C=O) groups excluding carboxylic acids is 1. The Hall–Kier alpha value is -1.75. The molecule has 21 heavy (non-hydrogen) atoms. The van der Waals surface area contributed by atoms with E-state index in [1.165, 1.54) is 4.90 Å². The minimum absolute atomic E-state index is 0.0882. The Balaban J connectivity index is 2.65. The molecule has 0 unspecified atom stereocenters. The fraction of sp³-hybridized carbons (Fsp3) is 0.467. The zero-order valence-electron chi connectivity index (χ0n) is 12.4. The van der Waals surface area contributed by atoms with Gasteiger partial charge >= 0.3 is 5.97 Å². The minimum Gasteiger partial charge on any atom is -0.482 e. The topological polar surface area (TPSA) is 66.8 Å². The van der Waals surface area contributed by atoms with Crippen LogP contribution in [0.3, 0.4) is 0 Å². The normalized spacial score (nSPS) is 10.5. The highest BCUT2D eigenvalue weighted by Crippen LogP contribution is 2.25. The lowest BCUT2D eigenvalue weighted by Crippen LogP contribution is -2.41. The summed E-state index contributed by atoms with van der Waals surface area (Å²) in [5.41, 5.74) is 0.980. The van der Waals surface area contributed by atoms with E-state index >= 15 is 0 Å². The van der Waals surface area contributed by atoms with E-state index in [2.05, 4.69) is 0 Å². The van der Waals surface area contributed by atoms with E-state index < -0.39 is 5.97 Å². The Morgan fingerprint density at radius 2 is 2.05 bits per heavy atom. The average molecular weight is 314 g/mol. The molecule has 1 rings (SSSR count). The van der Waals surface area contributed by atoms with Crippen LogP contribution in [-0.4, -0.2) is 41.1 Å². The number of aliphatic carboxylic acids is 1. The summed E-state index contributed by atoms with van der Waals surface area (Å²) in [6.07, 6.45) is -0.0882. The lowest BCUT2D eigenvalue weighted by Gasteiger charge is -2.26. The SMILES string of the molecule is Cc1ccc(Cl)c(OCC(=O)N(CCC(=O)O)C(C)C)c1. The first-order chi connectivity index (χ1) is 9.81. The Kier molecular flexibility index (Phi) is 6.49. The lowest BCUT2D eigenvalue weighted by atomic mass is 10.2. The first-order valence-electron chi connectivity index (χ1n) is 6.71. The van der Waals surface area contributed by atoms with Crippen molar-refractivity contribution in [3.63, 3.8) is 0 Å². The molecule has 0 aromatic heterocycles. The van der Waals surface area contributed by atoms with Crippen molar-refractivity contribution in [2.75, 3.05) is 13.2 Å². The number of ether oxygens (including phenoxy) is 1. The van der Waals surface area contributed by atoms with Gasteiger partial charge in [0.1, 0.15) is 5.75 Å². The van der Waals surface area contributed by atoms with Gasteiger partial charge in [0.2, 0.25) is 0 Å². The van der Waals surface area contributed by atoms with E-state index in [9.17, 15) is 9.59 Å². The molecule has 116 valence electrons. The van der Waals surface area contributed by atoms with Gasteiger partial charge in [-0.15, -0.1) is 0 Å². The Labute approximate surface area is 129 Å². The molecular weight excluding hydrogens is 294 g/mol. The van der Waals surface area contributed by atoms with Gasteiger partial charge in [0.15, 0.2) is 6.61 Å². The third-order valence-corrected chi connectivity index (χ3v) is 3.26. The Bertz CT molecular complexity index is 516. The van der Waals surface area contributed by atoms with Crippen molar-refractivity contribution in [2.24, 2.45) is 0 Å². The zero-order valence-corrected chi connectivity index (χ0v) is 13.2. The molecule has 0 aliphatic heterocycles. The largest absolute Gasteiger partial charge is 0.482 e. The quantitative estimate of drug-likeness (QED) is 0.840. The van der Waals surface area contributed by atoms with E-state index in [0.29, 0.717) is 10.8 Å². The molecule has 0 radical (unpaired) electrons. The van der Waals surface area contributed by atoms with Crippen molar-refractivity contribution >= 4 is 23.5 Å². The molecule has 0 fully saturated rings. The standard InChI is InChI=1S/C15H20ClNO4/c1-10(2)17(7-6-15(19)20)14(18)9-21-13-8-11(3)4-5-12(13)16/h4-5,8,10H,6-7,9H2,1-3H3,(H,19,20). The summed E-state index contributed by atoms with van der Waals surface area (Å²) in [6, 6.07) is 5.23. The molecule has 0 spiro atoms. The summed E-state index contributed by atoms with van der Waals surface area (Å²) in [5.74, 6) is -0.744. The summed E-state index contributed by atoms with van der Waals surface area (Å²) >= 11 is 6.00. The molecule has 0 saturated carbocycles. The molecule has 1 amide bonds. The van der Waals surface area contributed by atoms with Crippen molar-refractivity contribution in [3.05, 3.63) is 28.8 Å². The van der Waals surface area contributed by atoms with Crippen LogP contribution >= 0.6 is 11.6 Å². The van der Waals surface area contributed by atoms with Crippen LogP contribution < -0.4 is 4.74 Å². The molecule has 0 aliphatic rings. The number of nitrogens with zero attached hydrogens (tertiary/aromatic N) is 1. The van der Waals surface area contributed by atoms with Crippen molar-refractivity contribution in [2.45, 2.75) is 33.2 Å². The van der Waals surface area contributed by atoms with Crippen LogP contribution in [0.2, 0.25) is 5.02 Å². The van der Waals surface area contributed by atoms with Gasteiger partial charge in [-0.3, -0.25) is 9.59 Å². The number of benzene rings is 1. The van der Waals surface area contributed by atoms with Crippen LogP contribution in [0.25, 0.3) is 0 Å². The second-order valence-electron chi connectivity index (χ2n) is 5.05. The van der Waals surface area contributed by atoms with E-state index in [0.717, 1.165) is 5.56 Å². The third kappa shape index (κ3) is 5.63. The van der Waals surface area contributed by atoms with Crippen molar-refractivity contribution < 1.29 is 19.4 Å². The zero-order chi connectivity index (χ0) is 16.0. The molecule has 6 heteroatoms. The number of hydrogen-bond acceptors (Lipinski definition) is 3. The molecule has 0 bridgehead atoms. The van der Waals surface area contributed by atoms with E-state index in [1.54, 1.807) is 12.1 Å². The lowest BCUT2D eigenvalue weighted by molar-refractivity contribution is -0.139. The van der Waals surface area contributed by atoms with Gasteiger partial charge in [-0.2, -0.15) is 0 Å². The smallest absolute Gasteiger partial charge is 0.305 e. The highest BCUT2D eigenvalue weighted by molar-refractivity contribution is 6.32. The summed E-state index contributed by atoms with van der Waals surface area (Å²) in [4.78, 5) is 24.2. The van der Waals surface area contributed by atoms with E-state index in [1.807, 2.05) is 26.8 Å². The molecule has 0 aliphatic carbocycles. The maximum Gasteiger partial charge on any atom is 0.305 e. The van der Waals surface area contributed by atoms with Crippen molar-refractivity contribution in [1.29, 1.82) is 0 Å². The predicted molar refractivity (Wildman–Crippen MR) is 80.8 cm³/mol. The van der Waals surface area contributed by atoms with Crippen LogP contribution in [0.4, 0.5) is 0 Å². The fourth-order valence-electron chi connectivity index (χ4n) is 1.83. The number of amides is 1. The summed E-state index contributed by atoms with van der Waals surface area (Å²) in [6.45, 7) is 5.56. The van der Waals surface area contributed by atoms with Gasteiger partial charge in [-0.1, -0.05) is 17.7 Å². The van der Waals surface area contributed by atoms with E-state index in [4.69, 9.17) is 21.4 Å². The highest BCUT2D eigenvalue weighted by atomic mass is 35.5. The van der Waals surface area contributed by atoms with Crippen molar-refractivity contribution in [1.82, 2.24) is 4.90 Å². The van der Waals surface area contributed by atoms with Gasteiger partial charge in [0, 0.05) is 12.6 Å². The van der Waals surface area contributed by atoms with Crippen molar-refractivity contribution in [3.8, 4) is 5.75 Å². The van der Waals surface area contributed by atoms with Gasteiger partial charge in [0.25, 0.3) is 5.91 Å². The highest BCUT2D eigenvalue weighted by Gasteiger charge is 2.18. The third-order valence-electron chi connectivity index (χ3n) is 2.95.